The van der Waals surface area contributed by atoms with E-state index in [2.05, 4.69) is 15.7 Å². The van der Waals surface area contributed by atoms with Gasteiger partial charge in [-0.05, 0) is 55.3 Å². The number of rotatable bonds is 4. The number of benzene rings is 2. The molecule has 0 aromatic heterocycles. The van der Waals surface area contributed by atoms with Gasteiger partial charge in [0.25, 0.3) is 11.8 Å². The number of amides is 3. The molecular weight excluding hydrogens is 394 g/mol. The molecule has 2 aromatic rings. The Bertz CT molecular complexity index is 1030. The molecule has 2 aromatic carbocycles. The summed E-state index contributed by atoms with van der Waals surface area (Å²) < 4.78 is 0. The van der Waals surface area contributed by atoms with Crippen LogP contribution in [-0.4, -0.2) is 41.4 Å². The lowest BCUT2D eigenvalue weighted by atomic mass is 10.1. The molecule has 4 rings (SSSR count). The zero-order valence-electron chi connectivity index (χ0n) is 15.8. The molecule has 29 heavy (non-hydrogen) atoms. The summed E-state index contributed by atoms with van der Waals surface area (Å²) in [4.78, 5) is 39.3. The quantitative estimate of drug-likeness (QED) is 0.782. The molecule has 0 radical (unpaired) electrons. The van der Waals surface area contributed by atoms with Crippen LogP contribution in [0.25, 0.3) is 0 Å². The second kappa shape index (κ2) is 7.29. The molecular formula is C20H18ClN5O3. The van der Waals surface area contributed by atoms with Crippen molar-refractivity contribution in [3.63, 3.8) is 0 Å². The van der Waals surface area contributed by atoms with Crippen molar-refractivity contribution in [3.05, 3.63) is 58.6 Å². The Morgan fingerprint density at radius 1 is 1.10 bits per heavy atom. The first kappa shape index (κ1) is 19.1. The minimum Gasteiger partial charge on any atom is -0.324 e. The van der Waals surface area contributed by atoms with Crippen LogP contribution >= 0.6 is 11.6 Å². The number of carbonyl (C=O) groups is 3. The molecule has 2 atom stereocenters. The molecule has 2 aliphatic rings. The molecule has 0 saturated carbocycles. The van der Waals surface area contributed by atoms with E-state index in [1.807, 2.05) is 19.9 Å². The largest absolute Gasteiger partial charge is 0.324 e. The van der Waals surface area contributed by atoms with Gasteiger partial charge in [0.05, 0.1) is 5.69 Å². The molecule has 148 valence electrons. The molecule has 0 unspecified atom stereocenters. The molecule has 1 fully saturated rings. The highest BCUT2D eigenvalue weighted by Crippen LogP contribution is 2.32. The Hall–Kier alpha value is -3.26. The third-order valence-electron chi connectivity index (χ3n) is 4.74. The van der Waals surface area contributed by atoms with E-state index >= 15 is 0 Å². The van der Waals surface area contributed by atoms with Crippen LogP contribution in [0, 0.1) is 13.8 Å². The molecule has 1 saturated heterocycles. The third-order valence-corrected chi connectivity index (χ3v) is 4.97. The van der Waals surface area contributed by atoms with Crippen LogP contribution in [-0.2, 0) is 14.4 Å². The Morgan fingerprint density at radius 2 is 1.83 bits per heavy atom. The van der Waals surface area contributed by atoms with Crippen molar-refractivity contribution in [1.82, 2.24) is 5.01 Å². The first-order valence-electron chi connectivity index (χ1n) is 9.02. The van der Waals surface area contributed by atoms with Crippen molar-refractivity contribution in [2.45, 2.75) is 25.9 Å². The van der Waals surface area contributed by atoms with E-state index in [9.17, 15) is 14.4 Å². The van der Waals surface area contributed by atoms with Crippen molar-refractivity contribution >= 4 is 40.7 Å². The van der Waals surface area contributed by atoms with Gasteiger partial charge in [-0.25, -0.2) is 4.90 Å². The third kappa shape index (κ3) is 3.58. The highest BCUT2D eigenvalue weighted by molar-refractivity contribution is 6.31. The van der Waals surface area contributed by atoms with Gasteiger partial charge in [-0.15, -0.1) is 0 Å². The van der Waals surface area contributed by atoms with Crippen molar-refractivity contribution in [2.75, 3.05) is 16.8 Å². The summed E-state index contributed by atoms with van der Waals surface area (Å²) >= 11 is 5.92. The number of anilines is 2. The number of carbonyl (C=O) groups excluding carboxylic acids is 3. The van der Waals surface area contributed by atoms with Gasteiger partial charge < -0.3 is 5.32 Å². The first-order valence-corrected chi connectivity index (χ1v) is 9.40. The van der Waals surface area contributed by atoms with E-state index < -0.39 is 29.8 Å². The number of hydrogen-bond acceptors (Lipinski definition) is 6. The topological polar surface area (TPSA) is 94.4 Å². The summed E-state index contributed by atoms with van der Waals surface area (Å²) in [6.07, 6.45) is 0. The standard InChI is InChI=1S/C20H18ClN5O3/c1-11-6-12(2)8-15(7-11)26-19(28)17-18(20(26)29)25(24-23-17)10-16(27)22-14-5-3-4-13(21)9-14/h3-9,17-18H,10H2,1-2H3,(H,22,27)/t17-,18-/m0/s1. The molecule has 2 aliphatic heterocycles. The molecule has 0 bridgehead atoms. The fraction of sp³-hybridized carbons (Fsp3) is 0.250. The number of nitrogens with zero attached hydrogens (tertiary/aromatic N) is 4. The normalized spacial score (nSPS) is 20.4. The van der Waals surface area contributed by atoms with Gasteiger partial charge in [0.15, 0.2) is 12.1 Å². The maximum absolute atomic E-state index is 13.0. The predicted molar refractivity (Wildman–Crippen MR) is 108 cm³/mol. The monoisotopic (exact) mass is 411 g/mol. The van der Waals surface area contributed by atoms with Gasteiger partial charge in [0.1, 0.15) is 6.54 Å². The fourth-order valence-electron chi connectivity index (χ4n) is 3.60. The van der Waals surface area contributed by atoms with Crippen molar-refractivity contribution < 1.29 is 14.4 Å². The number of aryl methyl sites for hydroxylation is 2. The Balaban J connectivity index is 1.51. The summed E-state index contributed by atoms with van der Waals surface area (Å²) in [5.41, 5.74) is 2.92. The van der Waals surface area contributed by atoms with E-state index in [1.165, 1.54) is 5.01 Å². The summed E-state index contributed by atoms with van der Waals surface area (Å²) in [6, 6.07) is 10.4. The zero-order valence-corrected chi connectivity index (χ0v) is 16.6. The van der Waals surface area contributed by atoms with Gasteiger partial charge in [-0.1, -0.05) is 29.0 Å². The minimum atomic E-state index is -0.942. The van der Waals surface area contributed by atoms with Gasteiger partial charge in [0, 0.05) is 10.7 Å². The maximum atomic E-state index is 13.0. The molecule has 0 spiro atoms. The number of fused-ring (bicyclic) bond motifs is 1. The summed E-state index contributed by atoms with van der Waals surface area (Å²) in [6.45, 7) is 3.58. The Kier molecular flexibility index (Phi) is 4.79. The van der Waals surface area contributed by atoms with E-state index in [1.54, 1.807) is 36.4 Å². The second-order valence-electron chi connectivity index (χ2n) is 7.11. The molecule has 0 aliphatic carbocycles. The van der Waals surface area contributed by atoms with E-state index in [-0.39, 0.29) is 6.54 Å². The molecule has 2 heterocycles. The van der Waals surface area contributed by atoms with E-state index in [4.69, 9.17) is 11.6 Å². The van der Waals surface area contributed by atoms with Crippen LogP contribution in [0.5, 0.6) is 0 Å². The number of halogens is 1. The van der Waals surface area contributed by atoms with E-state index in [0.717, 1.165) is 16.0 Å². The maximum Gasteiger partial charge on any atom is 0.263 e. The van der Waals surface area contributed by atoms with Crippen LogP contribution < -0.4 is 10.2 Å². The lowest BCUT2D eigenvalue weighted by Gasteiger charge is -2.20. The summed E-state index contributed by atoms with van der Waals surface area (Å²) in [5.74, 6) is -1.27. The van der Waals surface area contributed by atoms with Gasteiger partial charge in [-0.2, -0.15) is 5.11 Å². The fourth-order valence-corrected chi connectivity index (χ4v) is 3.79. The smallest absolute Gasteiger partial charge is 0.263 e. The first-order chi connectivity index (χ1) is 13.8. The predicted octanol–water partition coefficient (Wildman–Crippen LogP) is 2.89. The lowest BCUT2D eigenvalue weighted by molar-refractivity contribution is -0.123. The molecule has 1 N–H and O–H groups in total. The van der Waals surface area contributed by atoms with Crippen molar-refractivity contribution in [2.24, 2.45) is 10.3 Å². The lowest BCUT2D eigenvalue weighted by Crippen LogP contribution is -2.43. The molecule has 8 nitrogen and oxygen atoms in total. The van der Waals surface area contributed by atoms with Crippen LogP contribution in [0.2, 0.25) is 5.02 Å². The highest BCUT2D eigenvalue weighted by atomic mass is 35.5. The van der Waals surface area contributed by atoms with Crippen LogP contribution in [0.1, 0.15) is 11.1 Å². The second-order valence-corrected chi connectivity index (χ2v) is 7.54. The average molecular weight is 412 g/mol. The average Bonchev–Trinajstić information content (AvgIpc) is 3.14. The summed E-state index contributed by atoms with van der Waals surface area (Å²) in [7, 11) is 0. The zero-order chi connectivity index (χ0) is 20.7. The van der Waals surface area contributed by atoms with Gasteiger partial charge in [-0.3, -0.25) is 19.4 Å². The SMILES string of the molecule is Cc1cc(C)cc(N2C(=O)[C@H]3N=NN(CC(=O)Nc4cccc(Cl)c4)[C@@H]3C2=O)c1. The van der Waals surface area contributed by atoms with Crippen LogP contribution in [0.4, 0.5) is 11.4 Å². The Morgan fingerprint density at radius 3 is 2.52 bits per heavy atom. The highest BCUT2D eigenvalue weighted by Gasteiger charge is 2.55. The Labute approximate surface area is 172 Å². The number of nitrogens with one attached hydrogen (secondary N) is 1. The van der Waals surface area contributed by atoms with Gasteiger partial charge in [0.2, 0.25) is 5.91 Å². The van der Waals surface area contributed by atoms with E-state index in [0.29, 0.717) is 16.4 Å². The summed E-state index contributed by atoms with van der Waals surface area (Å²) in [5, 5.41) is 12.3. The van der Waals surface area contributed by atoms with Crippen LogP contribution in [0.15, 0.2) is 52.8 Å². The number of imide groups is 1. The van der Waals surface area contributed by atoms with Crippen molar-refractivity contribution in [3.8, 4) is 0 Å². The molecule has 3 amide bonds. The van der Waals surface area contributed by atoms with Crippen molar-refractivity contribution in [1.29, 1.82) is 0 Å². The molecule has 9 heteroatoms. The minimum absolute atomic E-state index is 0.211. The van der Waals surface area contributed by atoms with Crippen LogP contribution in [0.3, 0.4) is 0 Å². The van der Waals surface area contributed by atoms with Gasteiger partial charge >= 0.3 is 0 Å². The number of hydrogen-bond donors (Lipinski definition) is 1.